The van der Waals surface area contributed by atoms with Crippen molar-refractivity contribution in [2.24, 2.45) is 22.8 Å². The van der Waals surface area contributed by atoms with Gasteiger partial charge >= 0.3 is 0 Å². The number of benzene rings is 1. The standard InChI is InChI=1S/C19H25N5O2S/c20-17(26)19(8-3-4-9-19)10-7-12(11-23-18(21)22)15(25)16-24-13-5-1-2-6-14(13)27-16/h1-2,5-6,12H,3-4,7-11H2,(H2,20,26)(H4,21,22,23)/t12-/m0/s1. The fourth-order valence-corrected chi connectivity index (χ4v) is 4.82. The number of Topliss-reactive ketones (excluding diaryl/α,β-unsaturated/α-hetero) is 1. The maximum Gasteiger partial charge on any atom is 0.223 e. The van der Waals surface area contributed by atoms with E-state index in [9.17, 15) is 9.59 Å². The van der Waals surface area contributed by atoms with Crippen LogP contribution >= 0.6 is 11.3 Å². The fourth-order valence-electron chi connectivity index (χ4n) is 3.83. The van der Waals surface area contributed by atoms with E-state index in [0.717, 1.165) is 35.9 Å². The predicted octanol–water partition coefficient (Wildman–Crippen LogP) is 2.40. The van der Waals surface area contributed by atoms with Gasteiger partial charge in [-0.05, 0) is 37.8 Å². The molecule has 0 aliphatic heterocycles. The van der Waals surface area contributed by atoms with E-state index in [1.54, 1.807) is 0 Å². The van der Waals surface area contributed by atoms with Gasteiger partial charge in [-0.3, -0.25) is 15.0 Å². The first-order valence-electron chi connectivity index (χ1n) is 9.19. The van der Waals surface area contributed by atoms with Gasteiger partial charge in [-0.1, -0.05) is 25.0 Å². The zero-order valence-electron chi connectivity index (χ0n) is 15.2. The number of hydrogen-bond acceptors (Lipinski definition) is 5. The summed E-state index contributed by atoms with van der Waals surface area (Å²) in [5.74, 6) is -0.942. The van der Waals surface area contributed by atoms with Crippen molar-refractivity contribution in [2.45, 2.75) is 38.5 Å². The Hall–Kier alpha value is -2.48. The number of ketones is 1. The zero-order chi connectivity index (χ0) is 19.4. The Bertz CT molecular complexity index is 824. The molecule has 7 nitrogen and oxygen atoms in total. The molecule has 0 unspecified atom stereocenters. The van der Waals surface area contributed by atoms with Gasteiger partial charge in [0.15, 0.2) is 16.8 Å². The summed E-state index contributed by atoms with van der Waals surface area (Å²) in [7, 11) is 0. The Morgan fingerprint density at radius 2 is 1.96 bits per heavy atom. The number of primary amides is 1. The summed E-state index contributed by atoms with van der Waals surface area (Å²) >= 11 is 1.37. The van der Waals surface area contributed by atoms with Crippen molar-refractivity contribution in [3.05, 3.63) is 29.3 Å². The molecule has 6 N–H and O–H groups in total. The van der Waals surface area contributed by atoms with E-state index >= 15 is 0 Å². The molecule has 1 atom stereocenters. The van der Waals surface area contributed by atoms with Gasteiger partial charge in [0.2, 0.25) is 5.91 Å². The second-order valence-corrected chi connectivity index (χ2v) is 8.26. The normalized spacial score (nSPS) is 16.9. The molecule has 1 saturated carbocycles. The average molecular weight is 388 g/mol. The number of hydrogen-bond donors (Lipinski definition) is 4. The number of guanidine groups is 1. The van der Waals surface area contributed by atoms with Gasteiger partial charge < -0.3 is 16.8 Å². The van der Waals surface area contributed by atoms with E-state index in [0.29, 0.717) is 17.8 Å². The number of carbonyl (C=O) groups is 2. The zero-order valence-corrected chi connectivity index (χ0v) is 16.0. The molecule has 8 heteroatoms. The summed E-state index contributed by atoms with van der Waals surface area (Å²) in [6.45, 7) is 0.249. The van der Waals surface area contributed by atoms with Gasteiger partial charge in [0, 0.05) is 17.9 Å². The molecule has 3 rings (SSSR count). The molecule has 1 aliphatic carbocycles. The van der Waals surface area contributed by atoms with Crippen molar-refractivity contribution >= 4 is 39.2 Å². The first kappa shape index (κ1) is 19.3. The molecule has 1 fully saturated rings. The lowest BCUT2D eigenvalue weighted by Gasteiger charge is -2.27. The summed E-state index contributed by atoms with van der Waals surface area (Å²) in [4.78, 5) is 29.6. The van der Waals surface area contributed by atoms with Crippen molar-refractivity contribution in [2.75, 3.05) is 6.54 Å². The summed E-state index contributed by atoms with van der Waals surface area (Å²) in [5.41, 5.74) is 11.4. The van der Waals surface area contributed by atoms with Crippen LogP contribution in [0.25, 0.3) is 10.2 Å². The summed E-state index contributed by atoms with van der Waals surface area (Å²) in [6.07, 6.45) is 4.63. The largest absolute Gasteiger partial charge is 0.370 e. The number of thiazole rings is 1. The molecular formula is C19H25N5O2S. The number of nitrogens with two attached hydrogens (primary N) is 2. The first-order valence-corrected chi connectivity index (χ1v) is 10.0. The lowest BCUT2D eigenvalue weighted by molar-refractivity contribution is -0.128. The van der Waals surface area contributed by atoms with Crippen molar-refractivity contribution in [3.8, 4) is 0 Å². The maximum atomic E-state index is 13.1. The van der Waals surface area contributed by atoms with E-state index in [-0.39, 0.29) is 24.2 Å². The highest BCUT2D eigenvalue weighted by molar-refractivity contribution is 7.20. The smallest absolute Gasteiger partial charge is 0.223 e. The average Bonchev–Trinajstić information content (AvgIpc) is 3.28. The van der Waals surface area contributed by atoms with Crippen LogP contribution in [0.5, 0.6) is 0 Å². The van der Waals surface area contributed by atoms with Crippen molar-refractivity contribution in [1.82, 2.24) is 10.3 Å². The Labute approximate surface area is 162 Å². The Balaban J connectivity index is 1.78. The highest BCUT2D eigenvalue weighted by Gasteiger charge is 2.40. The van der Waals surface area contributed by atoms with Crippen LogP contribution < -0.4 is 16.8 Å². The van der Waals surface area contributed by atoms with E-state index in [1.165, 1.54) is 11.3 Å². The molecule has 2 aromatic rings. The van der Waals surface area contributed by atoms with Crippen LogP contribution in [0.1, 0.15) is 48.3 Å². The molecule has 1 heterocycles. The molecule has 1 aromatic heterocycles. The second kappa shape index (κ2) is 8.04. The third-order valence-corrected chi connectivity index (χ3v) is 6.52. The lowest BCUT2D eigenvalue weighted by Crippen LogP contribution is -2.39. The molecule has 27 heavy (non-hydrogen) atoms. The van der Waals surface area contributed by atoms with E-state index in [1.807, 2.05) is 24.3 Å². The molecule has 0 bridgehead atoms. The molecule has 0 radical (unpaired) electrons. The van der Waals surface area contributed by atoms with Crippen molar-refractivity contribution in [1.29, 1.82) is 5.41 Å². The number of para-hydroxylation sites is 1. The van der Waals surface area contributed by atoms with E-state index < -0.39 is 11.3 Å². The number of fused-ring (bicyclic) bond motifs is 1. The van der Waals surface area contributed by atoms with Gasteiger partial charge in [-0.15, -0.1) is 11.3 Å². The second-order valence-electron chi connectivity index (χ2n) is 7.23. The highest BCUT2D eigenvalue weighted by Crippen LogP contribution is 2.42. The highest BCUT2D eigenvalue weighted by atomic mass is 32.1. The van der Waals surface area contributed by atoms with E-state index in [4.69, 9.17) is 16.9 Å². The molecule has 0 saturated heterocycles. The number of amides is 1. The predicted molar refractivity (Wildman–Crippen MR) is 107 cm³/mol. The molecule has 0 spiro atoms. The van der Waals surface area contributed by atoms with Gasteiger partial charge in [0.25, 0.3) is 0 Å². The number of nitrogens with one attached hydrogen (secondary N) is 2. The topological polar surface area (TPSA) is 135 Å². The van der Waals surface area contributed by atoms with E-state index in [2.05, 4.69) is 10.3 Å². The monoisotopic (exact) mass is 387 g/mol. The lowest BCUT2D eigenvalue weighted by atomic mass is 9.78. The van der Waals surface area contributed by atoms with Crippen molar-refractivity contribution < 1.29 is 9.59 Å². The third-order valence-electron chi connectivity index (χ3n) is 5.47. The summed E-state index contributed by atoms with van der Waals surface area (Å²) < 4.78 is 0.962. The number of aromatic nitrogens is 1. The van der Waals surface area contributed by atoms with Gasteiger partial charge in [-0.25, -0.2) is 4.98 Å². The number of rotatable bonds is 8. The van der Waals surface area contributed by atoms with Crippen LogP contribution in [0.15, 0.2) is 24.3 Å². The van der Waals surface area contributed by atoms with Gasteiger partial charge in [0.05, 0.1) is 10.2 Å². The molecule has 1 aliphatic rings. The van der Waals surface area contributed by atoms with Gasteiger partial charge in [-0.2, -0.15) is 0 Å². The first-order chi connectivity index (χ1) is 12.9. The Morgan fingerprint density at radius 1 is 1.26 bits per heavy atom. The quantitative estimate of drug-likeness (QED) is 0.313. The van der Waals surface area contributed by atoms with Crippen LogP contribution in [-0.2, 0) is 4.79 Å². The minimum absolute atomic E-state index is 0.0810. The van der Waals surface area contributed by atoms with Crippen molar-refractivity contribution in [3.63, 3.8) is 0 Å². The maximum absolute atomic E-state index is 13.1. The van der Waals surface area contributed by atoms with Crippen LogP contribution in [-0.4, -0.2) is 29.2 Å². The van der Waals surface area contributed by atoms with Gasteiger partial charge in [0.1, 0.15) is 0 Å². The van der Waals surface area contributed by atoms with Crippen LogP contribution in [0.3, 0.4) is 0 Å². The number of nitrogens with zero attached hydrogens (tertiary/aromatic N) is 1. The minimum atomic E-state index is -0.512. The van der Waals surface area contributed by atoms with Crippen LogP contribution in [0, 0.1) is 16.7 Å². The molecule has 1 amide bonds. The fraction of sp³-hybridized carbons (Fsp3) is 0.474. The number of carbonyl (C=O) groups excluding carboxylic acids is 2. The van der Waals surface area contributed by atoms with Crippen LogP contribution in [0.4, 0.5) is 0 Å². The summed E-state index contributed by atoms with van der Waals surface area (Å²) in [5, 5.41) is 10.6. The third kappa shape index (κ3) is 4.27. The Kier molecular flexibility index (Phi) is 5.74. The SMILES string of the molecule is N=C(N)NC[C@H](CCC1(C(N)=O)CCCC1)C(=O)c1nc2ccccc2s1. The summed E-state index contributed by atoms with van der Waals surface area (Å²) in [6, 6.07) is 7.63. The molecule has 144 valence electrons. The molecular weight excluding hydrogens is 362 g/mol. The Morgan fingerprint density at radius 3 is 2.59 bits per heavy atom. The van der Waals surface area contributed by atoms with Crippen LogP contribution in [0.2, 0.25) is 0 Å². The minimum Gasteiger partial charge on any atom is -0.370 e. The molecule has 1 aromatic carbocycles.